The van der Waals surface area contributed by atoms with E-state index in [4.69, 9.17) is 11.6 Å². The standard InChI is InChI=1S/C15H16Br2ClNS/c1-3-6-19-14(13-8-12(17)15(18)20-13)10-5-4-9(2)11(16)7-10/h4-5,7-8,14,19H,3,6H2,1-2H3. The second-order valence-electron chi connectivity index (χ2n) is 4.67. The van der Waals surface area contributed by atoms with Gasteiger partial charge in [0.1, 0.15) is 4.34 Å². The number of hydrogen-bond acceptors (Lipinski definition) is 2. The molecule has 0 aliphatic rings. The van der Waals surface area contributed by atoms with Crippen molar-refractivity contribution in [1.82, 2.24) is 5.32 Å². The van der Waals surface area contributed by atoms with Crippen LogP contribution >= 0.6 is 54.8 Å². The summed E-state index contributed by atoms with van der Waals surface area (Å²) < 4.78 is 2.91. The predicted molar refractivity (Wildman–Crippen MR) is 96.0 cm³/mol. The summed E-state index contributed by atoms with van der Waals surface area (Å²) in [6.45, 7) is 5.25. The number of aryl methyl sites for hydroxylation is 1. The third kappa shape index (κ3) is 3.86. The molecule has 108 valence electrons. The molecule has 2 rings (SSSR count). The molecule has 0 bridgehead atoms. The highest BCUT2D eigenvalue weighted by atomic mass is 79.9. The van der Waals surface area contributed by atoms with Gasteiger partial charge in [-0.15, -0.1) is 11.3 Å². The van der Waals surface area contributed by atoms with E-state index in [2.05, 4.69) is 75.3 Å². The first-order valence-electron chi connectivity index (χ1n) is 6.47. The summed E-state index contributed by atoms with van der Waals surface area (Å²) in [5.41, 5.74) is 2.50. The van der Waals surface area contributed by atoms with Gasteiger partial charge in [0.25, 0.3) is 0 Å². The van der Waals surface area contributed by atoms with Crippen LogP contribution in [-0.4, -0.2) is 6.54 Å². The fourth-order valence-corrected chi connectivity index (χ4v) is 4.20. The number of nitrogens with one attached hydrogen (secondary N) is 1. The van der Waals surface area contributed by atoms with Crippen LogP contribution in [0.2, 0.25) is 4.34 Å². The molecule has 1 heterocycles. The largest absolute Gasteiger partial charge is 0.306 e. The average molecular weight is 438 g/mol. The molecular weight excluding hydrogens is 422 g/mol. The number of thiophene rings is 1. The Hall–Kier alpha value is 0.130. The summed E-state index contributed by atoms with van der Waals surface area (Å²) in [6, 6.07) is 8.79. The SMILES string of the molecule is CCCNC(c1ccc(C)c(Br)c1)c1cc(Br)c(Cl)s1. The number of halogens is 3. The van der Waals surface area contributed by atoms with Crippen molar-refractivity contribution >= 4 is 54.8 Å². The molecule has 0 spiro atoms. The molecule has 0 fully saturated rings. The molecule has 1 aromatic heterocycles. The van der Waals surface area contributed by atoms with Crippen molar-refractivity contribution in [2.24, 2.45) is 0 Å². The summed E-state index contributed by atoms with van der Waals surface area (Å²) in [6.07, 6.45) is 1.10. The van der Waals surface area contributed by atoms with Gasteiger partial charge in [0, 0.05) is 13.8 Å². The summed E-state index contributed by atoms with van der Waals surface area (Å²) in [5.74, 6) is 0. The molecule has 0 amide bonds. The first-order valence-corrected chi connectivity index (χ1v) is 9.25. The lowest BCUT2D eigenvalue weighted by Crippen LogP contribution is -2.22. The normalized spacial score (nSPS) is 12.7. The summed E-state index contributed by atoms with van der Waals surface area (Å²) in [7, 11) is 0. The topological polar surface area (TPSA) is 12.0 Å². The molecule has 0 saturated carbocycles. The van der Waals surface area contributed by atoms with E-state index < -0.39 is 0 Å². The molecule has 1 atom stereocenters. The number of hydrogen-bond donors (Lipinski definition) is 1. The van der Waals surface area contributed by atoms with E-state index in [0.29, 0.717) is 0 Å². The Bertz CT molecular complexity index is 578. The minimum Gasteiger partial charge on any atom is -0.306 e. The second kappa shape index (κ2) is 7.41. The monoisotopic (exact) mass is 435 g/mol. The first kappa shape index (κ1) is 16.5. The summed E-state index contributed by atoms with van der Waals surface area (Å²) in [5, 5.41) is 3.60. The van der Waals surface area contributed by atoms with Gasteiger partial charge in [-0.25, -0.2) is 0 Å². The maximum absolute atomic E-state index is 6.19. The van der Waals surface area contributed by atoms with Crippen LogP contribution in [-0.2, 0) is 0 Å². The van der Waals surface area contributed by atoms with Gasteiger partial charge in [-0.1, -0.05) is 46.6 Å². The molecule has 0 saturated heterocycles. The van der Waals surface area contributed by atoms with Crippen molar-refractivity contribution in [2.45, 2.75) is 26.3 Å². The van der Waals surface area contributed by atoms with Crippen molar-refractivity contribution in [3.63, 3.8) is 0 Å². The Balaban J connectivity index is 2.38. The smallest absolute Gasteiger partial charge is 0.107 e. The van der Waals surface area contributed by atoms with Gasteiger partial charge in [-0.2, -0.15) is 0 Å². The van der Waals surface area contributed by atoms with Crippen molar-refractivity contribution < 1.29 is 0 Å². The molecule has 5 heteroatoms. The third-order valence-electron chi connectivity index (χ3n) is 3.08. The van der Waals surface area contributed by atoms with Crippen LogP contribution in [0.15, 0.2) is 33.2 Å². The highest BCUT2D eigenvalue weighted by Gasteiger charge is 2.18. The van der Waals surface area contributed by atoms with Gasteiger partial charge < -0.3 is 5.32 Å². The molecule has 0 aliphatic heterocycles. The third-order valence-corrected chi connectivity index (χ3v) is 6.47. The summed E-state index contributed by atoms with van der Waals surface area (Å²) in [4.78, 5) is 1.23. The maximum atomic E-state index is 6.19. The molecule has 1 unspecified atom stereocenters. The van der Waals surface area contributed by atoms with Crippen LogP contribution in [0, 0.1) is 6.92 Å². The predicted octanol–water partition coefficient (Wildman–Crippen LogP) is 6.32. The molecule has 0 radical (unpaired) electrons. The number of rotatable bonds is 5. The van der Waals surface area contributed by atoms with E-state index in [1.165, 1.54) is 16.0 Å². The van der Waals surface area contributed by atoms with E-state index in [1.807, 2.05) is 0 Å². The zero-order valence-electron chi connectivity index (χ0n) is 11.3. The minimum absolute atomic E-state index is 0.181. The Morgan fingerprint density at radius 1 is 1.25 bits per heavy atom. The van der Waals surface area contributed by atoms with Crippen molar-refractivity contribution in [3.8, 4) is 0 Å². The molecule has 1 aromatic carbocycles. The lowest BCUT2D eigenvalue weighted by atomic mass is 10.0. The molecule has 20 heavy (non-hydrogen) atoms. The van der Waals surface area contributed by atoms with Gasteiger partial charge in [0.15, 0.2) is 0 Å². The zero-order valence-corrected chi connectivity index (χ0v) is 16.1. The lowest BCUT2D eigenvalue weighted by molar-refractivity contribution is 0.605. The van der Waals surface area contributed by atoms with Gasteiger partial charge >= 0.3 is 0 Å². The molecule has 2 aromatic rings. The Labute approximate surface area is 146 Å². The van der Waals surface area contributed by atoms with E-state index in [0.717, 1.165) is 26.2 Å². The first-order chi connectivity index (χ1) is 9.52. The Morgan fingerprint density at radius 2 is 2.00 bits per heavy atom. The van der Waals surface area contributed by atoms with E-state index in [1.54, 1.807) is 11.3 Å². The van der Waals surface area contributed by atoms with Crippen LogP contribution in [0.5, 0.6) is 0 Å². The van der Waals surface area contributed by atoms with Crippen molar-refractivity contribution in [1.29, 1.82) is 0 Å². The average Bonchev–Trinajstić information content (AvgIpc) is 2.74. The van der Waals surface area contributed by atoms with Crippen LogP contribution in [0.1, 0.15) is 35.4 Å². The van der Waals surface area contributed by atoms with Gasteiger partial charge in [-0.05, 0) is 59.1 Å². The quantitative estimate of drug-likeness (QED) is 0.577. The minimum atomic E-state index is 0.181. The lowest BCUT2D eigenvalue weighted by Gasteiger charge is -2.18. The van der Waals surface area contributed by atoms with E-state index in [9.17, 15) is 0 Å². The fourth-order valence-electron chi connectivity index (χ4n) is 1.97. The molecular formula is C15H16Br2ClNS. The van der Waals surface area contributed by atoms with Crippen LogP contribution in [0.4, 0.5) is 0 Å². The van der Waals surface area contributed by atoms with Gasteiger partial charge in [0.05, 0.1) is 6.04 Å². The van der Waals surface area contributed by atoms with Gasteiger partial charge in [-0.3, -0.25) is 0 Å². The zero-order chi connectivity index (χ0) is 14.7. The Morgan fingerprint density at radius 3 is 2.55 bits per heavy atom. The highest BCUT2D eigenvalue weighted by Crippen LogP contribution is 2.38. The fraction of sp³-hybridized carbons (Fsp3) is 0.333. The van der Waals surface area contributed by atoms with Crippen LogP contribution < -0.4 is 5.32 Å². The van der Waals surface area contributed by atoms with E-state index in [-0.39, 0.29) is 6.04 Å². The maximum Gasteiger partial charge on any atom is 0.107 e. The molecule has 1 N–H and O–H groups in total. The van der Waals surface area contributed by atoms with Crippen LogP contribution in [0.25, 0.3) is 0 Å². The summed E-state index contributed by atoms with van der Waals surface area (Å²) >= 11 is 14.9. The van der Waals surface area contributed by atoms with Crippen molar-refractivity contribution in [3.05, 3.63) is 53.6 Å². The second-order valence-corrected chi connectivity index (χ2v) is 8.06. The highest BCUT2D eigenvalue weighted by molar-refractivity contribution is 9.10. The van der Waals surface area contributed by atoms with Crippen LogP contribution in [0.3, 0.4) is 0 Å². The number of benzene rings is 1. The van der Waals surface area contributed by atoms with Gasteiger partial charge in [0.2, 0.25) is 0 Å². The molecule has 0 aliphatic carbocycles. The Kier molecular flexibility index (Phi) is 6.11. The molecule has 1 nitrogen and oxygen atoms in total. The van der Waals surface area contributed by atoms with Crippen molar-refractivity contribution in [2.75, 3.05) is 6.54 Å². The van der Waals surface area contributed by atoms with E-state index >= 15 is 0 Å².